The predicted octanol–water partition coefficient (Wildman–Crippen LogP) is 2.73. The van der Waals surface area contributed by atoms with Crippen molar-refractivity contribution in [2.45, 2.75) is 13.8 Å². The molecule has 0 fully saturated rings. The first kappa shape index (κ1) is 13.2. The lowest BCUT2D eigenvalue weighted by molar-refractivity contribution is 1.35. The fraction of sp³-hybridized carbons (Fsp3) is 0.250. The molecule has 0 amide bonds. The summed E-state index contributed by atoms with van der Waals surface area (Å²) in [7, 11) is 0. The van der Waals surface area contributed by atoms with Crippen LogP contribution in [-0.4, -0.2) is 0 Å². The van der Waals surface area contributed by atoms with E-state index in [0.29, 0.717) is 0 Å². The van der Waals surface area contributed by atoms with E-state index in [1.165, 1.54) is 11.1 Å². The highest BCUT2D eigenvalue weighted by atomic mass is 35.5. The van der Waals surface area contributed by atoms with Gasteiger partial charge in [0.05, 0.1) is 0 Å². The molecule has 0 saturated heterocycles. The molecule has 0 bridgehead atoms. The molecule has 2 N–H and O–H groups in total. The van der Waals surface area contributed by atoms with E-state index in [9.17, 15) is 0 Å². The zero-order chi connectivity index (χ0) is 6.85. The van der Waals surface area contributed by atoms with Crippen molar-refractivity contribution in [1.82, 2.24) is 0 Å². The fourth-order valence-electron chi connectivity index (χ4n) is 0.774. The van der Waals surface area contributed by atoms with Crippen LogP contribution < -0.4 is 5.73 Å². The van der Waals surface area contributed by atoms with E-state index >= 15 is 0 Å². The van der Waals surface area contributed by atoms with Gasteiger partial charge in [0.1, 0.15) is 0 Å². The van der Waals surface area contributed by atoms with Gasteiger partial charge in [-0.3, -0.25) is 0 Å². The highest BCUT2D eigenvalue weighted by Crippen LogP contribution is 2.13. The normalized spacial score (nSPS) is 7.82. The number of aryl methyl sites for hydroxylation is 1. The molecule has 0 aliphatic carbocycles. The Morgan fingerprint density at radius 2 is 1.64 bits per heavy atom. The average molecular weight is 194 g/mol. The second-order valence-electron chi connectivity index (χ2n) is 2.29. The molecule has 1 aromatic carbocycles. The van der Waals surface area contributed by atoms with Crippen LogP contribution in [0.1, 0.15) is 11.1 Å². The van der Waals surface area contributed by atoms with Gasteiger partial charge in [-0.25, -0.2) is 0 Å². The van der Waals surface area contributed by atoms with Crippen LogP contribution in [0, 0.1) is 13.8 Å². The Morgan fingerprint density at radius 1 is 1.09 bits per heavy atom. The number of anilines is 1. The first-order valence-electron chi connectivity index (χ1n) is 3.03. The van der Waals surface area contributed by atoms with Crippen LogP contribution in [0.3, 0.4) is 0 Å². The number of hydrogen-bond acceptors (Lipinski definition) is 1. The molecule has 0 radical (unpaired) electrons. The topological polar surface area (TPSA) is 26.0 Å². The Hall–Kier alpha value is -0.400. The average Bonchev–Trinajstić information content (AvgIpc) is 1.83. The van der Waals surface area contributed by atoms with E-state index in [0.717, 1.165) is 5.69 Å². The van der Waals surface area contributed by atoms with Crippen LogP contribution in [-0.2, 0) is 0 Å². The second kappa shape index (κ2) is 5.28. The SMILES string of the molecule is Cc1cccc(N)c1C.Cl.Cl. The largest absolute Gasteiger partial charge is 0.399 e. The van der Waals surface area contributed by atoms with Crippen molar-refractivity contribution in [1.29, 1.82) is 0 Å². The Bertz CT molecular complexity index is 203. The fourth-order valence-corrected chi connectivity index (χ4v) is 0.774. The van der Waals surface area contributed by atoms with Gasteiger partial charge in [0.25, 0.3) is 0 Å². The van der Waals surface area contributed by atoms with Gasteiger partial charge in [-0.05, 0) is 31.0 Å². The van der Waals surface area contributed by atoms with Gasteiger partial charge in [0.2, 0.25) is 0 Å². The van der Waals surface area contributed by atoms with E-state index < -0.39 is 0 Å². The maximum atomic E-state index is 5.62. The van der Waals surface area contributed by atoms with E-state index in [2.05, 4.69) is 13.0 Å². The smallest absolute Gasteiger partial charge is 0.0346 e. The summed E-state index contributed by atoms with van der Waals surface area (Å²) in [6.07, 6.45) is 0. The summed E-state index contributed by atoms with van der Waals surface area (Å²) < 4.78 is 0. The Kier molecular flexibility index (Phi) is 6.34. The van der Waals surface area contributed by atoms with E-state index in [1.807, 2.05) is 19.1 Å². The molecule has 0 aliphatic heterocycles. The molecule has 1 aromatic rings. The van der Waals surface area contributed by atoms with E-state index in [-0.39, 0.29) is 24.8 Å². The number of hydrogen-bond donors (Lipinski definition) is 1. The molecule has 0 unspecified atom stereocenters. The Morgan fingerprint density at radius 3 is 2.00 bits per heavy atom. The molecular weight excluding hydrogens is 181 g/mol. The van der Waals surface area contributed by atoms with Crippen molar-refractivity contribution in [3.8, 4) is 0 Å². The lowest BCUT2D eigenvalue weighted by Crippen LogP contribution is -1.90. The molecule has 1 nitrogen and oxygen atoms in total. The van der Waals surface area contributed by atoms with Gasteiger partial charge in [-0.1, -0.05) is 12.1 Å². The van der Waals surface area contributed by atoms with Crippen LogP contribution >= 0.6 is 24.8 Å². The summed E-state index contributed by atoms with van der Waals surface area (Å²) in [6, 6.07) is 5.95. The molecule has 1 rings (SSSR count). The summed E-state index contributed by atoms with van der Waals surface area (Å²) in [5, 5.41) is 0. The molecule has 0 spiro atoms. The lowest BCUT2D eigenvalue weighted by Gasteiger charge is -2.00. The molecule has 0 atom stereocenters. The molecule has 64 valence electrons. The van der Waals surface area contributed by atoms with Gasteiger partial charge in [0.15, 0.2) is 0 Å². The summed E-state index contributed by atoms with van der Waals surface area (Å²) in [5.74, 6) is 0. The Labute approximate surface area is 79.8 Å². The highest BCUT2D eigenvalue weighted by Gasteiger charge is 1.92. The summed E-state index contributed by atoms with van der Waals surface area (Å²) >= 11 is 0. The number of nitrogen functional groups attached to an aromatic ring is 1. The maximum absolute atomic E-state index is 5.62. The number of halogens is 2. The number of rotatable bonds is 0. The van der Waals surface area contributed by atoms with Crippen LogP contribution in [0.25, 0.3) is 0 Å². The monoisotopic (exact) mass is 193 g/mol. The third-order valence-corrected chi connectivity index (χ3v) is 1.65. The molecule has 0 aliphatic rings. The van der Waals surface area contributed by atoms with Gasteiger partial charge < -0.3 is 5.73 Å². The van der Waals surface area contributed by atoms with Crippen molar-refractivity contribution >= 4 is 30.5 Å². The number of benzene rings is 1. The van der Waals surface area contributed by atoms with Crippen molar-refractivity contribution in [2.24, 2.45) is 0 Å². The third-order valence-electron chi connectivity index (χ3n) is 1.65. The second-order valence-corrected chi connectivity index (χ2v) is 2.29. The van der Waals surface area contributed by atoms with Crippen molar-refractivity contribution in [2.75, 3.05) is 5.73 Å². The quantitative estimate of drug-likeness (QED) is 0.631. The van der Waals surface area contributed by atoms with Gasteiger partial charge in [-0.2, -0.15) is 0 Å². The minimum absolute atomic E-state index is 0. The molecular formula is C8H13Cl2N. The van der Waals surface area contributed by atoms with E-state index in [1.54, 1.807) is 0 Å². The minimum Gasteiger partial charge on any atom is -0.399 e. The van der Waals surface area contributed by atoms with Crippen molar-refractivity contribution < 1.29 is 0 Å². The van der Waals surface area contributed by atoms with Gasteiger partial charge >= 0.3 is 0 Å². The van der Waals surface area contributed by atoms with Gasteiger partial charge in [-0.15, -0.1) is 24.8 Å². The standard InChI is InChI=1S/C8H11N.2ClH/c1-6-4-3-5-8(9)7(6)2;;/h3-5H,9H2,1-2H3;2*1H. The molecule has 0 saturated carbocycles. The first-order chi connectivity index (χ1) is 4.22. The van der Waals surface area contributed by atoms with E-state index in [4.69, 9.17) is 5.73 Å². The Balaban J connectivity index is 0. The zero-order valence-electron chi connectivity index (χ0n) is 6.63. The lowest BCUT2D eigenvalue weighted by atomic mass is 10.1. The van der Waals surface area contributed by atoms with Crippen molar-refractivity contribution in [3.05, 3.63) is 29.3 Å². The van der Waals surface area contributed by atoms with Gasteiger partial charge in [0, 0.05) is 5.69 Å². The van der Waals surface area contributed by atoms with Crippen LogP contribution in [0.2, 0.25) is 0 Å². The molecule has 0 heterocycles. The van der Waals surface area contributed by atoms with Crippen LogP contribution in [0.4, 0.5) is 5.69 Å². The van der Waals surface area contributed by atoms with Crippen LogP contribution in [0.5, 0.6) is 0 Å². The van der Waals surface area contributed by atoms with Crippen LogP contribution in [0.15, 0.2) is 18.2 Å². The molecule has 3 heteroatoms. The predicted molar refractivity (Wildman–Crippen MR) is 54.8 cm³/mol. The zero-order valence-corrected chi connectivity index (χ0v) is 8.26. The maximum Gasteiger partial charge on any atom is 0.0346 e. The minimum atomic E-state index is 0. The summed E-state index contributed by atoms with van der Waals surface area (Å²) in [5.41, 5.74) is 8.96. The molecule has 0 aromatic heterocycles. The summed E-state index contributed by atoms with van der Waals surface area (Å²) in [4.78, 5) is 0. The molecule has 11 heavy (non-hydrogen) atoms. The summed E-state index contributed by atoms with van der Waals surface area (Å²) in [6.45, 7) is 4.09. The first-order valence-corrected chi connectivity index (χ1v) is 3.03. The number of nitrogens with two attached hydrogens (primary N) is 1. The third kappa shape index (κ3) is 3.00. The highest BCUT2D eigenvalue weighted by molar-refractivity contribution is 5.85. The van der Waals surface area contributed by atoms with Crippen molar-refractivity contribution in [3.63, 3.8) is 0 Å².